The van der Waals surface area contributed by atoms with Gasteiger partial charge in [0.2, 0.25) is 6.04 Å². The van der Waals surface area contributed by atoms with Crippen LogP contribution in [0.5, 0.6) is 0 Å². The minimum Gasteiger partial charge on any atom is -0.465 e. The van der Waals surface area contributed by atoms with E-state index < -0.39 is 42.6 Å². The zero-order valence-corrected chi connectivity index (χ0v) is 18.0. The number of carbonyl (C=O) groups excluding carboxylic acids is 2. The minimum atomic E-state index is -1.62. The number of Topliss-reactive ketones (excluding diaryl/α,β-unsaturated/α-hetero) is 1. The van der Waals surface area contributed by atoms with Gasteiger partial charge in [-0.15, -0.1) is 0 Å². The summed E-state index contributed by atoms with van der Waals surface area (Å²) in [5.41, 5.74) is 0.234. The van der Waals surface area contributed by atoms with Gasteiger partial charge < -0.3 is 9.84 Å². The Balaban J connectivity index is 2.09. The van der Waals surface area contributed by atoms with E-state index in [9.17, 15) is 23.9 Å². The molecule has 0 bridgehead atoms. The number of ketones is 1. The molecule has 2 heterocycles. The number of nitrogens with zero attached hydrogens (tertiary/aromatic N) is 3. The molecule has 2 aromatic rings. The van der Waals surface area contributed by atoms with Crippen molar-refractivity contribution in [2.24, 2.45) is 0 Å². The molecule has 0 radical (unpaired) electrons. The van der Waals surface area contributed by atoms with E-state index in [1.165, 1.54) is 12.3 Å². The number of fused-ring (bicyclic) bond motifs is 1. The number of rotatable bonds is 5. The fraction of sp³-hybridized carbons (Fsp3) is 0.412. The third-order valence-electron chi connectivity index (χ3n) is 4.53. The van der Waals surface area contributed by atoms with Gasteiger partial charge in [0.05, 0.1) is 29.2 Å². The number of hydrogen-bond acceptors (Lipinski definition) is 5. The molecule has 1 saturated heterocycles. The second kappa shape index (κ2) is 8.45. The van der Waals surface area contributed by atoms with Crippen LogP contribution in [0.25, 0.3) is 10.9 Å². The number of aromatic nitrogens is 2. The summed E-state index contributed by atoms with van der Waals surface area (Å²) in [6.45, 7) is 1.09. The van der Waals surface area contributed by atoms with Gasteiger partial charge in [-0.1, -0.05) is 23.2 Å². The molecule has 1 aliphatic rings. The Morgan fingerprint density at radius 3 is 2.76 bits per heavy atom. The highest BCUT2D eigenvalue weighted by Gasteiger charge is 2.45. The second-order valence-electron chi connectivity index (χ2n) is 6.37. The molecular formula is C17H15BrCl2FN3O5. The van der Waals surface area contributed by atoms with Crippen LogP contribution in [0.15, 0.2) is 16.7 Å². The van der Waals surface area contributed by atoms with Crippen LogP contribution in [0.4, 0.5) is 9.18 Å². The number of amides is 1. The van der Waals surface area contributed by atoms with Gasteiger partial charge in [-0.3, -0.25) is 9.69 Å². The van der Waals surface area contributed by atoms with Crippen LogP contribution in [0, 0.1) is 0 Å². The fourth-order valence-corrected chi connectivity index (χ4v) is 4.24. The summed E-state index contributed by atoms with van der Waals surface area (Å²) < 4.78 is 20.3. The van der Waals surface area contributed by atoms with Crippen molar-refractivity contribution in [3.05, 3.63) is 26.8 Å². The Morgan fingerprint density at radius 1 is 1.45 bits per heavy atom. The van der Waals surface area contributed by atoms with E-state index in [-0.39, 0.29) is 28.6 Å². The molecule has 3 rings (SSSR count). The number of carbonyl (C=O) groups is 3. The molecule has 1 aliphatic heterocycles. The molecular weight excluding hydrogens is 496 g/mol. The number of likely N-dealkylation sites (tertiary alicyclic amines) is 1. The molecule has 1 aromatic carbocycles. The number of esters is 1. The van der Waals surface area contributed by atoms with Crippen LogP contribution < -0.4 is 0 Å². The minimum absolute atomic E-state index is 0.0183. The summed E-state index contributed by atoms with van der Waals surface area (Å²) in [5, 5.41) is 14.4. The molecule has 1 unspecified atom stereocenters. The van der Waals surface area contributed by atoms with Gasteiger partial charge in [0.25, 0.3) is 0 Å². The maximum absolute atomic E-state index is 13.8. The van der Waals surface area contributed by atoms with Crippen molar-refractivity contribution < 1.29 is 28.6 Å². The highest BCUT2D eigenvalue weighted by molar-refractivity contribution is 9.10. The summed E-state index contributed by atoms with van der Waals surface area (Å²) in [7, 11) is 0. The van der Waals surface area contributed by atoms with Gasteiger partial charge in [0.1, 0.15) is 11.7 Å². The molecule has 0 saturated carbocycles. The van der Waals surface area contributed by atoms with Gasteiger partial charge in [-0.2, -0.15) is 5.10 Å². The molecule has 1 N–H and O–H groups in total. The first-order valence-electron chi connectivity index (χ1n) is 8.52. The molecule has 1 fully saturated rings. The first-order valence-corrected chi connectivity index (χ1v) is 10.1. The van der Waals surface area contributed by atoms with Crippen molar-refractivity contribution in [2.45, 2.75) is 31.6 Å². The molecule has 12 heteroatoms. The van der Waals surface area contributed by atoms with Crippen molar-refractivity contribution in [1.82, 2.24) is 14.7 Å². The lowest BCUT2D eigenvalue weighted by molar-refractivity contribution is -0.152. The van der Waals surface area contributed by atoms with Gasteiger partial charge in [0, 0.05) is 22.5 Å². The number of benzene rings is 1. The number of ether oxygens (including phenoxy) is 1. The number of hydrogen-bond donors (Lipinski definition) is 1. The highest BCUT2D eigenvalue weighted by Crippen LogP contribution is 2.36. The van der Waals surface area contributed by atoms with E-state index >= 15 is 0 Å². The van der Waals surface area contributed by atoms with Crippen LogP contribution in [-0.4, -0.2) is 63.0 Å². The lowest BCUT2D eigenvalue weighted by Crippen LogP contribution is -2.45. The number of halogens is 4. The normalized spacial score (nSPS) is 20.1. The predicted molar refractivity (Wildman–Crippen MR) is 106 cm³/mol. The smallest absolute Gasteiger partial charge is 0.408 e. The van der Waals surface area contributed by atoms with Crippen LogP contribution in [-0.2, 0) is 14.3 Å². The first-order chi connectivity index (χ1) is 13.6. The number of alkyl halides is 1. The van der Waals surface area contributed by atoms with Crippen LogP contribution in [0.2, 0.25) is 10.0 Å². The van der Waals surface area contributed by atoms with E-state index in [1.54, 1.807) is 6.92 Å². The lowest BCUT2D eigenvalue weighted by atomic mass is 10.0. The fourth-order valence-electron chi connectivity index (χ4n) is 3.25. The maximum Gasteiger partial charge on any atom is 0.408 e. The monoisotopic (exact) mass is 509 g/mol. The lowest BCUT2D eigenvalue weighted by Gasteiger charge is -2.23. The molecule has 1 aromatic heterocycles. The molecule has 1 amide bonds. The van der Waals surface area contributed by atoms with Crippen molar-refractivity contribution in [3.8, 4) is 0 Å². The Morgan fingerprint density at radius 2 is 2.14 bits per heavy atom. The third-order valence-corrected chi connectivity index (χ3v) is 6.08. The van der Waals surface area contributed by atoms with E-state index in [0.29, 0.717) is 14.8 Å². The average Bonchev–Trinajstić information content (AvgIpc) is 3.25. The van der Waals surface area contributed by atoms with Crippen molar-refractivity contribution >= 4 is 67.9 Å². The van der Waals surface area contributed by atoms with Crippen molar-refractivity contribution in [1.29, 1.82) is 0 Å². The van der Waals surface area contributed by atoms with Gasteiger partial charge >= 0.3 is 12.1 Å². The van der Waals surface area contributed by atoms with Gasteiger partial charge in [-0.05, 0) is 28.9 Å². The van der Waals surface area contributed by atoms with E-state index in [1.807, 2.05) is 0 Å². The third kappa shape index (κ3) is 4.06. The molecule has 0 spiro atoms. The summed E-state index contributed by atoms with van der Waals surface area (Å²) in [4.78, 5) is 37.8. The van der Waals surface area contributed by atoms with Crippen LogP contribution in [0.3, 0.4) is 0 Å². The quantitative estimate of drug-likeness (QED) is 0.372. The highest BCUT2D eigenvalue weighted by atomic mass is 79.9. The van der Waals surface area contributed by atoms with E-state index in [0.717, 1.165) is 4.68 Å². The molecule has 29 heavy (non-hydrogen) atoms. The SMILES string of the molecule is CCOC(=O)C(C(=O)[C@@H]1C[C@@H](F)CN1C(=O)O)n1cc2c(Cl)cc(Br)c(Cl)c2n1. The van der Waals surface area contributed by atoms with E-state index in [4.69, 9.17) is 27.9 Å². The number of carboxylic acid groups (broad SMARTS) is 1. The largest absolute Gasteiger partial charge is 0.465 e. The zero-order valence-electron chi connectivity index (χ0n) is 14.9. The molecule has 0 aliphatic carbocycles. The Labute approximate surface area is 182 Å². The average molecular weight is 511 g/mol. The standard InChI is InChI=1S/C17H15BrCl2FN3O5/c1-2-29-16(26)14(15(25)11-3-7(21)5-23(11)17(27)28)24-6-8-10(19)4-9(18)12(20)13(8)22-24/h4,6-7,11,14H,2-3,5H2,1H3,(H,27,28)/t7-,11+,14?/m1/s1. The molecule has 8 nitrogen and oxygen atoms in total. The molecule has 3 atom stereocenters. The Bertz CT molecular complexity index is 1000. The topological polar surface area (TPSA) is 102 Å². The van der Waals surface area contributed by atoms with Crippen LogP contribution >= 0.6 is 39.1 Å². The Hall–Kier alpha value is -1.91. The van der Waals surface area contributed by atoms with Gasteiger partial charge in [0.15, 0.2) is 5.78 Å². The summed E-state index contributed by atoms with van der Waals surface area (Å²) in [6.07, 6.45) is -1.97. The first kappa shape index (κ1) is 21.8. The van der Waals surface area contributed by atoms with Crippen molar-refractivity contribution in [2.75, 3.05) is 13.2 Å². The summed E-state index contributed by atoms with van der Waals surface area (Å²) in [5.74, 6) is -1.78. The molecule has 156 valence electrons. The van der Waals surface area contributed by atoms with Gasteiger partial charge in [-0.25, -0.2) is 18.7 Å². The predicted octanol–water partition coefficient (Wildman–Crippen LogP) is 3.87. The maximum atomic E-state index is 13.8. The van der Waals surface area contributed by atoms with Crippen LogP contribution in [0.1, 0.15) is 19.4 Å². The van der Waals surface area contributed by atoms with E-state index in [2.05, 4.69) is 21.0 Å². The zero-order chi connectivity index (χ0) is 21.5. The van der Waals surface area contributed by atoms with Crippen molar-refractivity contribution in [3.63, 3.8) is 0 Å². The second-order valence-corrected chi connectivity index (χ2v) is 8.01. The summed E-state index contributed by atoms with van der Waals surface area (Å²) >= 11 is 15.7. The Kier molecular flexibility index (Phi) is 6.35. The summed E-state index contributed by atoms with van der Waals surface area (Å²) in [6, 6.07) is -1.43.